The van der Waals surface area contributed by atoms with Gasteiger partial charge in [-0.25, -0.2) is 8.42 Å². The van der Waals surface area contributed by atoms with Gasteiger partial charge in [0.25, 0.3) is 5.91 Å². The molecular formula is C14H18N2O3S. The molecule has 6 heteroatoms. The van der Waals surface area contributed by atoms with E-state index in [2.05, 4.69) is 4.72 Å². The zero-order valence-corrected chi connectivity index (χ0v) is 11.9. The van der Waals surface area contributed by atoms with E-state index < -0.39 is 26.2 Å². The Kier molecular flexibility index (Phi) is 2.92. The summed E-state index contributed by atoms with van der Waals surface area (Å²) in [6.07, 6.45) is 2.72. The lowest BCUT2D eigenvalue weighted by atomic mass is 10.1. The maximum absolute atomic E-state index is 12.4. The number of carbonyl (C=O) groups excluding carboxylic acids is 1. The second-order valence-electron chi connectivity index (χ2n) is 5.94. The number of nitrogens with one attached hydrogen (secondary N) is 1. The van der Waals surface area contributed by atoms with Gasteiger partial charge in [-0.15, -0.1) is 0 Å². The third-order valence-corrected chi connectivity index (χ3v) is 6.36. The standard InChI is InChI=1S/C14H18N2O3S/c15-14(8-9-14)12(17)16-20(18,19)13(6-7-13)10-11-4-2-1-3-5-11/h1-5H,6-10,15H2,(H,16,17). The van der Waals surface area contributed by atoms with Crippen LogP contribution >= 0.6 is 0 Å². The molecule has 0 heterocycles. The molecule has 0 atom stereocenters. The molecule has 5 nitrogen and oxygen atoms in total. The molecule has 0 spiro atoms. The Bertz CT molecular complexity index is 632. The van der Waals surface area contributed by atoms with E-state index in [-0.39, 0.29) is 0 Å². The zero-order valence-electron chi connectivity index (χ0n) is 11.1. The van der Waals surface area contributed by atoms with Gasteiger partial charge >= 0.3 is 0 Å². The number of amides is 1. The van der Waals surface area contributed by atoms with E-state index in [0.29, 0.717) is 32.1 Å². The Labute approximate surface area is 118 Å². The first-order chi connectivity index (χ1) is 9.37. The van der Waals surface area contributed by atoms with Crippen LogP contribution in [0.2, 0.25) is 0 Å². The zero-order chi connectivity index (χ0) is 14.4. The summed E-state index contributed by atoms with van der Waals surface area (Å²) in [5, 5.41) is 0. The van der Waals surface area contributed by atoms with E-state index in [1.807, 2.05) is 30.3 Å². The summed E-state index contributed by atoms with van der Waals surface area (Å²) >= 11 is 0. The van der Waals surface area contributed by atoms with Crippen LogP contribution in [0.25, 0.3) is 0 Å². The molecule has 3 rings (SSSR count). The van der Waals surface area contributed by atoms with Gasteiger partial charge in [0.05, 0.1) is 10.3 Å². The lowest BCUT2D eigenvalue weighted by molar-refractivity contribution is -0.121. The van der Waals surface area contributed by atoms with Crippen molar-refractivity contribution in [2.24, 2.45) is 5.73 Å². The molecule has 2 saturated carbocycles. The van der Waals surface area contributed by atoms with Gasteiger partial charge in [0.15, 0.2) is 0 Å². The number of sulfonamides is 1. The van der Waals surface area contributed by atoms with E-state index in [1.54, 1.807) is 0 Å². The molecule has 1 amide bonds. The van der Waals surface area contributed by atoms with Crippen LogP contribution in [0.3, 0.4) is 0 Å². The normalized spacial score (nSPS) is 22.1. The van der Waals surface area contributed by atoms with E-state index in [4.69, 9.17) is 5.73 Å². The Balaban J connectivity index is 1.75. The van der Waals surface area contributed by atoms with Crippen molar-refractivity contribution in [3.8, 4) is 0 Å². The second kappa shape index (κ2) is 4.30. The molecule has 0 saturated heterocycles. The smallest absolute Gasteiger partial charge is 0.253 e. The number of carbonyl (C=O) groups is 1. The lowest BCUT2D eigenvalue weighted by Crippen LogP contribution is -2.49. The van der Waals surface area contributed by atoms with E-state index in [1.165, 1.54) is 0 Å². The third kappa shape index (κ3) is 2.33. The third-order valence-electron chi connectivity index (χ3n) is 4.21. The molecule has 2 aliphatic carbocycles. The summed E-state index contributed by atoms with van der Waals surface area (Å²) < 4.78 is 26.2. The topological polar surface area (TPSA) is 89.3 Å². The fourth-order valence-corrected chi connectivity index (χ4v) is 4.00. The van der Waals surface area contributed by atoms with Crippen LogP contribution in [0, 0.1) is 0 Å². The van der Waals surface area contributed by atoms with Crippen LogP contribution in [0.5, 0.6) is 0 Å². The largest absolute Gasteiger partial charge is 0.317 e. The predicted octanol–water partition coefficient (Wildman–Crippen LogP) is 0.699. The molecule has 2 aliphatic rings. The SMILES string of the molecule is NC1(C(=O)NS(=O)(=O)C2(Cc3ccccc3)CC2)CC1. The van der Waals surface area contributed by atoms with Crippen molar-refractivity contribution in [1.29, 1.82) is 0 Å². The molecule has 108 valence electrons. The molecule has 3 N–H and O–H groups in total. The maximum Gasteiger partial charge on any atom is 0.253 e. The van der Waals surface area contributed by atoms with Crippen molar-refractivity contribution in [2.75, 3.05) is 0 Å². The van der Waals surface area contributed by atoms with Crippen LogP contribution in [0.1, 0.15) is 31.2 Å². The molecule has 1 aromatic rings. The van der Waals surface area contributed by atoms with Crippen LogP contribution < -0.4 is 10.5 Å². The highest BCUT2D eigenvalue weighted by atomic mass is 32.2. The van der Waals surface area contributed by atoms with Crippen LogP contribution in [-0.2, 0) is 21.2 Å². The lowest BCUT2D eigenvalue weighted by Gasteiger charge is -2.18. The average Bonchev–Trinajstić information content (AvgIpc) is 3.29. The van der Waals surface area contributed by atoms with Crippen molar-refractivity contribution in [3.05, 3.63) is 35.9 Å². The highest BCUT2D eigenvalue weighted by Gasteiger charge is 2.57. The fraction of sp³-hybridized carbons (Fsp3) is 0.500. The fourth-order valence-electron chi connectivity index (χ4n) is 2.34. The molecule has 0 bridgehead atoms. The second-order valence-corrected chi connectivity index (χ2v) is 8.01. The number of nitrogens with two attached hydrogens (primary N) is 1. The van der Waals surface area contributed by atoms with Gasteiger partial charge < -0.3 is 5.73 Å². The van der Waals surface area contributed by atoms with E-state index in [0.717, 1.165) is 5.56 Å². The first-order valence-corrected chi connectivity index (χ1v) is 8.25. The first-order valence-electron chi connectivity index (χ1n) is 6.77. The average molecular weight is 294 g/mol. The summed E-state index contributed by atoms with van der Waals surface area (Å²) in [6, 6.07) is 9.47. The molecular weight excluding hydrogens is 276 g/mol. The molecule has 2 fully saturated rings. The highest BCUT2D eigenvalue weighted by Crippen LogP contribution is 2.46. The molecule has 0 radical (unpaired) electrons. The summed E-state index contributed by atoms with van der Waals surface area (Å²) in [5.41, 5.74) is 5.74. The van der Waals surface area contributed by atoms with Gasteiger partial charge in [-0.3, -0.25) is 9.52 Å². The summed E-state index contributed by atoms with van der Waals surface area (Å²) in [7, 11) is -3.67. The molecule has 0 aliphatic heterocycles. The first kappa shape index (κ1) is 13.6. The van der Waals surface area contributed by atoms with Crippen LogP contribution in [0.4, 0.5) is 0 Å². The van der Waals surface area contributed by atoms with Gasteiger partial charge in [-0.2, -0.15) is 0 Å². The van der Waals surface area contributed by atoms with Crippen LogP contribution in [-0.4, -0.2) is 24.6 Å². The molecule has 1 aromatic carbocycles. The quantitative estimate of drug-likeness (QED) is 0.836. The van der Waals surface area contributed by atoms with Gasteiger partial charge in [-0.05, 0) is 37.7 Å². The minimum Gasteiger partial charge on any atom is -0.317 e. The summed E-state index contributed by atoms with van der Waals surface area (Å²) in [4.78, 5) is 11.9. The highest BCUT2D eigenvalue weighted by molar-refractivity contribution is 7.91. The van der Waals surface area contributed by atoms with Crippen molar-refractivity contribution in [3.63, 3.8) is 0 Å². The summed E-state index contributed by atoms with van der Waals surface area (Å²) in [6.45, 7) is 0. The van der Waals surface area contributed by atoms with Gasteiger partial charge in [-0.1, -0.05) is 30.3 Å². The number of hydrogen-bond acceptors (Lipinski definition) is 4. The number of hydrogen-bond donors (Lipinski definition) is 2. The van der Waals surface area contributed by atoms with Crippen molar-refractivity contribution in [1.82, 2.24) is 4.72 Å². The Hall–Kier alpha value is -1.40. The van der Waals surface area contributed by atoms with E-state index >= 15 is 0 Å². The molecule has 0 aromatic heterocycles. The van der Waals surface area contributed by atoms with Gasteiger partial charge in [0.1, 0.15) is 0 Å². The van der Waals surface area contributed by atoms with Crippen molar-refractivity contribution in [2.45, 2.75) is 42.4 Å². The van der Waals surface area contributed by atoms with Crippen LogP contribution in [0.15, 0.2) is 30.3 Å². The Morgan fingerprint density at radius 2 is 1.75 bits per heavy atom. The van der Waals surface area contributed by atoms with E-state index in [9.17, 15) is 13.2 Å². The van der Waals surface area contributed by atoms with Crippen molar-refractivity contribution >= 4 is 15.9 Å². The maximum atomic E-state index is 12.4. The predicted molar refractivity (Wildman–Crippen MR) is 75.3 cm³/mol. The number of benzene rings is 1. The van der Waals surface area contributed by atoms with Crippen molar-refractivity contribution < 1.29 is 13.2 Å². The molecule has 20 heavy (non-hydrogen) atoms. The minimum atomic E-state index is -3.67. The Morgan fingerprint density at radius 1 is 1.15 bits per heavy atom. The van der Waals surface area contributed by atoms with Gasteiger partial charge in [0.2, 0.25) is 10.0 Å². The minimum absolute atomic E-state index is 0.439. The van der Waals surface area contributed by atoms with Gasteiger partial charge in [0, 0.05) is 0 Å². The number of rotatable bonds is 5. The summed E-state index contributed by atoms with van der Waals surface area (Å²) in [5.74, 6) is -0.558. The Morgan fingerprint density at radius 3 is 2.25 bits per heavy atom. The monoisotopic (exact) mass is 294 g/mol. The molecule has 0 unspecified atom stereocenters.